The molecule has 0 saturated carbocycles. The SMILES string of the molecule is COC(=O)[C@@H]1[C@@H](C)OS(=O)N1C(=O)c1ccccc1. The third-order valence-corrected chi connectivity index (χ3v) is 3.94. The molecule has 1 saturated heterocycles. The van der Waals surface area contributed by atoms with Crippen molar-refractivity contribution in [3.8, 4) is 0 Å². The highest BCUT2D eigenvalue weighted by molar-refractivity contribution is 7.78. The number of hydrogen-bond acceptors (Lipinski definition) is 5. The molecule has 2 rings (SSSR count). The van der Waals surface area contributed by atoms with Gasteiger partial charge >= 0.3 is 5.97 Å². The van der Waals surface area contributed by atoms with Crippen LogP contribution in [0.25, 0.3) is 0 Å². The fourth-order valence-corrected chi connectivity index (χ4v) is 2.96. The summed E-state index contributed by atoms with van der Waals surface area (Å²) in [5.41, 5.74) is 0.336. The molecule has 1 aliphatic rings. The number of nitrogens with zero attached hydrogens (tertiary/aromatic N) is 1. The van der Waals surface area contributed by atoms with Gasteiger partial charge in [0.05, 0.1) is 7.11 Å². The summed E-state index contributed by atoms with van der Waals surface area (Å²) in [4.78, 5) is 24.0. The Hall–Kier alpha value is -1.73. The summed E-state index contributed by atoms with van der Waals surface area (Å²) >= 11 is -1.99. The van der Waals surface area contributed by atoms with E-state index in [1.807, 2.05) is 0 Å². The van der Waals surface area contributed by atoms with Crippen LogP contribution in [0.2, 0.25) is 0 Å². The number of ether oxygens (including phenoxy) is 1. The van der Waals surface area contributed by atoms with E-state index in [4.69, 9.17) is 4.18 Å². The van der Waals surface area contributed by atoms with Gasteiger partial charge in [0, 0.05) is 5.56 Å². The number of benzene rings is 1. The van der Waals surface area contributed by atoms with Crippen molar-refractivity contribution in [2.24, 2.45) is 0 Å². The summed E-state index contributed by atoms with van der Waals surface area (Å²) in [6.45, 7) is 1.57. The van der Waals surface area contributed by atoms with E-state index in [0.717, 1.165) is 4.31 Å². The second-order valence-electron chi connectivity index (χ2n) is 3.98. The summed E-state index contributed by atoms with van der Waals surface area (Å²) < 4.78 is 22.4. The van der Waals surface area contributed by atoms with Crippen molar-refractivity contribution >= 4 is 23.1 Å². The van der Waals surface area contributed by atoms with Gasteiger partial charge in [-0.3, -0.25) is 8.98 Å². The van der Waals surface area contributed by atoms with Crippen LogP contribution in [0.15, 0.2) is 30.3 Å². The quantitative estimate of drug-likeness (QED) is 0.746. The lowest BCUT2D eigenvalue weighted by Crippen LogP contribution is -2.45. The third kappa shape index (κ3) is 2.52. The number of hydrogen-bond donors (Lipinski definition) is 0. The van der Waals surface area contributed by atoms with Crippen molar-refractivity contribution in [3.05, 3.63) is 35.9 Å². The van der Waals surface area contributed by atoms with Gasteiger partial charge in [-0.15, -0.1) is 0 Å². The Bertz CT molecular complexity index is 518. The molecule has 1 aromatic carbocycles. The maximum absolute atomic E-state index is 12.3. The van der Waals surface area contributed by atoms with Gasteiger partial charge in [-0.25, -0.2) is 13.3 Å². The minimum absolute atomic E-state index is 0.336. The van der Waals surface area contributed by atoms with Gasteiger partial charge in [0.1, 0.15) is 6.10 Å². The smallest absolute Gasteiger partial charge is 0.332 e. The van der Waals surface area contributed by atoms with Crippen LogP contribution in [-0.4, -0.2) is 39.6 Å². The predicted octanol–water partition coefficient (Wildman–Crippen LogP) is 0.668. The summed E-state index contributed by atoms with van der Waals surface area (Å²) in [5, 5.41) is 0. The average Bonchev–Trinajstić information content (AvgIpc) is 2.72. The molecule has 1 fully saturated rings. The van der Waals surface area contributed by atoms with E-state index in [9.17, 15) is 13.8 Å². The van der Waals surface area contributed by atoms with E-state index in [-0.39, 0.29) is 0 Å². The number of methoxy groups -OCH3 is 1. The summed E-state index contributed by atoms with van der Waals surface area (Å²) in [6.07, 6.45) is -0.680. The second-order valence-corrected chi connectivity index (χ2v) is 5.00. The van der Waals surface area contributed by atoms with Crippen LogP contribution in [0.1, 0.15) is 17.3 Å². The van der Waals surface area contributed by atoms with Crippen molar-refractivity contribution in [1.29, 1.82) is 0 Å². The van der Waals surface area contributed by atoms with Gasteiger partial charge in [0.2, 0.25) is 0 Å². The molecule has 6 nitrogen and oxygen atoms in total. The average molecular weight is 283 g/mol. The van der Waals surface area contributed by atoms with Gasteiger partial charge in [-0.2, -0.15) is 0 Å². The molecule has 1 heterocycles. The molecule has 1 aromatic rings. The molecule has 0 aliphatic carbocycles. The van der Waals surface area contributed by atoms with Crippen LogP contribution in [0.3, 0.4) is 0 Å². The standard InChI is InChI=1S/C12H13NO5S/c1-8-10(12(15)17-2)13(19(16)18-8)11(14)9-6-4-3-5-7-9/h3-8,10H,1-2H3/t8-,10+,19?/m1/s1. The molecule has 1 unspecified atom stereocenters. The van der Waals surface area contributed by atoms with Crippen molar-refractivity contribution in [2.45, 2.75) is 19.1 Å². The lowest BCUT2D eigenvalue weighted by molar-refractivity contribution is -0.145. The second kappa shape index (κ2) is 5.50. The largest absolute Gasteiger partial charge is 0.467 e. The number of rotatable bonds is 2. The Morgan fingerprint density at radius 3 is 2.53 bits per heavy atom. The van der Waals surface area contributed by atoms with E-state index < -0.39 is 35.3 Å². The van der Waals surface area contributed by atoms with Gasteiger partial charge in [-0.05, 0) is 19.1 Å². The van der Waals surface area contributed by atoms with Crippen LogP contribution in [0.4, 0.5) is 0 Å². The van der Waals surface area contributed by atoms with Gasteiger partial charge in [0.25, 0.3) is 17.2 Å². The number of carbonyl (C=O) groups excluding carboxylic acids is 2. The Balaban J connectivity index is 2.33. The fraction of sp³-hybridized carbons (Fsp3) is 0.333. The Morgan fingerprint density at radius 1 is 1.32 bits per heavy atom. The van der Waals surface area contributed by atoms with E-state index in [2.05, 4.69) is 4.74 Å². The van der Waals surface area contributed by atoms with E-state index in [0.29, 0.717) is 5.56 Å². The Morgan fingerprint density at radius 2 is 1.95 bits per heavy atom. The van der Waals surface area contributed by atoms with Crippen LogP contribution in [-0.2, 0) is 25.0 Å². The minimum Gasteiger partial charge on any atom is -0.467 e. The van der Waals surface area contributed by atoms with E-state index >= 15 is 0 Å². The molecule has 102 valence electrons. The molecule has 3 atom stereocenters. The van der Waals surface area contributed by atoms with Crippen LogP contribution < -0.4 is 0 Å². The van der Waals surface area contributed by atoms with Gasteiger partial charge < -0.3 is 4.74 Å². The van der Waals surface area contributed by atoms with E-state index in [1.54, 1.807) is 37.3 Å². The Labute approximate surface area is 113 Å². The molecule has 0 bridgehead atoms. The minimum atomic E-state index is -1.99. The topological polar surface area (TPSA) is 72.9 Å². The molecule has 0 N–H and O–H groups in total. The molecule has 1 aliphatic heterocycles. The first kappa shape index (κ1) is 13.7. The first-order valence-electron chi connectivity index (χ1n) is 5.61. The third-order valence-electron chi connectivity index (χ3n) is 2.76. The van der Waals surface area contributed by atoms with Crippen LogP contribution >= 0.6 is 0 Å². The molecule has 0 radical (unpaired) electrons. The van der Waals surface area contributed by atoms with Gasteiger partial charge in [0.15, 0.2) is 6.04 Å². The maximum atomic E-state index is 12.3. The van der Waals surface area contributed by atoms with Crippen molar-refractivity contribution in [3.63, 3.8) is 0 Å². The van der Waals surface area contributed by atoms with E-state index in [1.165, 1.54) is 7.11 Å². The molecule has 19 heavy (non-hydrogen) atoms. The monoisotopic (exact) mass is 283 g/mol. The number of carbonyl (C=O) groups is 2. The highest BCUT2D eigenvalue weighted by atomic mass is 32.2. The molecule has 1 amide bonds. The van der Waals surface area contributed by atoms with Crippen molar-refractivity contribution < 1.29 is 22.7 Å². The molecular formula is C12H13NO5S. The van der Waals surface area contributed by atoms with Crippen LogP contribution in [0.5, 0.6) is 0 Å². The highest BCUT2D eigenvalue weighted by Gasteiger charge is 2.47. The zero-order chi connectivity index (χ0) is 14.0. The van der Waals surface area contributed by atoms with Crippen LogP contribution in [0, 0.1) is 0 Å². The molecule has 7 heteroatoms. The number of amides is 1. The Kier molecular flexibility index (Phi) is 3.96. The normalized spacial score (nSPS) is 26.2. The zero-order valence-corrected chi connectivity index (χ0v) is 11.3. The molecule has 0 spiro atoms. The molecule has 0 aromatic heterocycles. The first-order valence-corrected chi connectivity index (χ1v) is 6.65. The summed E-state index contributed by atoms with van der Waals surface area (Å²) in [6, 6.07) is 7.29. The lowest BCUT2D eigenvalue weighted by atomic mass is 10.1. The number of esters is 1. The van der Waals surface area contributed by atoms with Crippen molar-refractivity contribution in [2.75, 3.05) is 7.11 Å². The fourth-order valence-electron chi connectivity index (χ4n) is 1.82. The van der Waals surface area contributed by atoms with Crippen molar-refractivity contribution in [1.82, 2.24) is 4.31 Å². The zero-order valence-electron chi connectivity index (χ0n) is 10.4. The lowest BCUT2D eigenvalue weighted by Gasteiger charge is -2.19. The highest BCUT2D eigenvalue weighted by Crippen LogP contribution is 2.25. The summed E-state index contributed by atoms with van der Waals surface area (Å²) in [5.74, 6) is -1.18. The molecular weight excluding hydrogens is 270 g/mol. The first-order chi connectivity index (χ1) is 9.06. The summed E-state index contributed by atoms with van der Waals surface area (Å²) in [7, 11) is 1.21. The van der Waals surface area contributed by atoms with Gasteiger partial charge in [-0.1, -0.05) is 18.2 Å². The maximum Gasteiger partial charge on any atom is 0.332 e. The predicted molar refractivity (Wildman–Crippen MR) is 67.1 cm³/mol.